The average Bonchev–Trinajstić information content (AvgIpc) is 3.18. The number of pyridine rings is 1. The lowest BCUT2D eigenvalue weighted by atomic mass is 10.1. The molecule has 0 amide bonds. The maximum absolute atomic E-state index is 4.62. The Kier molecular flexibility index (Phi) is 4.59. The minimum atomic E-state index is 0.780. The summed E-state index contributed by atoms with van der Waals surface area (Å²) in [5.74, 6) is 1.75. The van der Waals surface area contributed by atoms with Gasteiger partial charge in [-0.05, 0) is 43.9 Å². The summed E-state index contributed by atoms with van der Waals surface area (Å²) in [6.45, 7) is 6.79. The minimum absolute atomic E-state index is 0.780. The van der Waals surface area contributed by atoms with E-state index in [-0.39, 0.29) is 0 Å². The minimum Gasteiger partial charge on any atom is -0.373 e. The Morgan fingerprint density at radius 1 is 1.39 bits per heavy atom. The molecule has 2 rings (SSSR count). The highest BCUT2D eigenvalue weighted by Crippen LogP contribution is 2.28. The standard InChI is InChI=1S/C15H25N3/c1-12(2)9-10-18(14-7-8-14)11-13-5-4-6-15(16-3)17-13/h4-6,12,14H,7-11H2,1-3H3,(H,16,17). The van der Waals surface area contributed by atoms with E-state index in [4.69, 9.17) is 0 Å². The Labute approximate surface area is 111 Å². The lowest BCUT2D eigenvalue weighted by Gasteiger charge is -2.22. The molecule has 1 aliphatic carbocycles. The van der Waals surface area contributed by atoms with Crippen LogP contribution in [0.2, 0.25) is 0 Å². The summed E-state index contributed by atoms with van der Waals surface area (Å²) in [6, 6.07) is 7.04. The Morgan fingerprint density at radius 3 is 2.78 bits per heavy atom. The first-order valence-electron chi connectivity index (χ1n) is 7.06. The van der Waals surface area contributed by atoms with E-state index < -0.39 is 0 Å². The second kappa shape index (κ2) is 6.19. The fraction of sp³-hybridized carbons (Fsp3) is 0.667. The predicted octanol–water partition coefficient (Wildman–Crippen LogP) is 3.13. The van der Waals surface area contributed by atoms with Crippen molar-refractivity contribution in [1.82, 2.24) is 9.88 Å². The number of rotatable bonds is 7. The first-order chi connectivity index (χ1) is 8.69. The van der Waals surface area contributed by atoms with Gasteiger partial charge in [0.05, 0.1) is 5.69 Å². The molecule has 1 aromatic rings. The van der Waals surface area contributed by atoms with Crippen molar-refractivity contribution in [2.75, 3.05) is 18.9 Å². The quantitative estimate of drug-likeness (QED) is 0.802. The lowest BCUT2D eigenvalue weighted by Crippen LogP contribution is -2.28. The predicted molar refractivity (Wildman–Crippen MR) is 76.7 cm³/mol. The molecule has 3 nitrogen and oxygen atoms in total. The number of anilines is 1. The highest BCUT2D eigenvalue weighted by molar-refractivity contribution is 5.34. The molecule has 1 aliphatic rings. The molecule has 0 radical (unpaired) electrons. The molecular formula is C15H25N3. The van der Waals surface area contributed by atoms with Crippen LogP contribution in [0, 0.1) is 5.92 Å². The molecule has 0 spiro atoms. The van der Waals surface area contributed by atoms with Gasteiger partial charge in [-0.1, -0.05) is 19.9 Å². The van der Waals surface area contributed by atoms with Gasteiger partial charge in [0.1, 0.15) is 5.82 Å². The molecule has 0 unspecified atom stereocenters. The van der Waals surface area contributed by atoms with E-state index in [2.05, 4.69) is 41.2 Å². The van der Waals surface area contributed by atoms with Crippen LogP contribution in [0.5, 0.6) is 0 Å². The van der Waals surface area contributed by atoms with Gasteiger partial charge in [-0.3, -0.25) is 4.90 Å². The summed E-state index contributed by atoms with van der Waals surface area (Å²) < 4.78 is 0. The highest BCUT2D eigenvalue weighted by atomic mass is 15.2. The molecule has 3 heteroatoms. The summed E-state index contributed by atoms with van der Waals surface area (Å²) in [6.07, 6.45) is 4.01. The van der Waals surface area contributed by atoms with E-state index in [1.807, 2.05) is 13.1 Å². The van der Waals surface area contributed by atoms with Crippen LogP contribution in [-0.4, -0.2) is 29.5 Å². The van der Waals surface area contributed by atoms with E-state index in [1.165, 1.54) is 31.5 Å². The summed E-state index contributed by atoms with van der Waals surface area (Å²) in [5.41, 5.74) is 1.18. The average molecular weight is 247 g/mol. The molecule has 0 saturated heterocycles. The van der Waals surface area contributed by atoms with Crippen molar-refractivity contribution in [2.45, 2.75) is 45.7 Å². The van der Waals surface area contributed by atoms with Crippen molar-refractivity contribution in [3.63, 3.8) is 0 Å². The number of hydrogen-bond donors (Lipinski definition) is 1. The number of nitrogens with one attached hydrogen (secondary N) is 1. The molecule has 18 heavy (non-hydrogen) atoms. The van der Waals surface area contributed by atoms with Gasteiger partial charge in [0, 0.05) is 19.6 Å². The normalized spacial score (nSPS) is 15.4. The van der Waals surface area contributed by atoms with Gasteiger partial charge >= 0.3 is 0 Å². The lowest BCUT2D eigenvalue weighted by molar-refractivity contribution is 0.237. The monoisotopic (exact) mass is 247 g/mol. The summed E-state index contributed by atoms with van der Waals surface area (Å²) in [4.78, 5) is 7.21. The second-order valence-electron chi connectivity index (χ2n) is 5.65. The first-order valence-corrected chi connectivity index (χ1v) is 7.06. The van der Waals surface area contributed by atoms with Crippen LogP contribution in [0.3, 0.4) is 0 Å². The molecule has 1 fully saturated rings. The number of aromatic nitrogens is 1. The largest absolute Gasteiger partial charge is 0.373 e. The molecule has 1 heterocycles. The van der Waals surface area contributed by atoms with Crippen molar-refractivity contribution >= 4 is 5.82 Å². The van der Waals surface area contributed by atoms with Gasteiger partial charge in [-0.2, -0.15) is 0 Å². The Balaban J connectivity index is 1.94. The van der Waals surface area contributed by atoms with Crippen molar-refractivity contribution < 1.29 is 0 Å². The molecule has 0 bridgehead atoms. The third-order valence-corrected chi connectivity index (χ3v) is 3.48. The summed E-state index contributed by atoms with van der Waals surface area (Å²) >= 11 is 0. The topological polar surface area (TPSA) is 28.2 Å². The highest BCUT2D eigenvalue weighted by Gasteiger charge is 2.28. The molecule has 1 aromatic heterocycles. The SMILES string of the molecule is CNc1cccc(CN(CCC(C)C)C2CC2)n1. The van der Waals surface area contributed by atoms with Gasteiger partial charge in [0.25, 0.3) is 0 Å². The molecular weight excluding hydrogens is 222 g/mol. The van der Waals surface area contributed by atoms with Crippen LogP contribution in [-0.2, 0) is 6.54 Å². The van der Waals surface area contributed by atoms with Crippen molar-refractivity contribution in [2.24, 2.45) is 5.92 Å². The van der Waals surface area contributed by atoms with Crippen molar-refractivity contribution in [3.8, 4) is 0 Å². The maximum Gasteiger partial charge on any atom is 0.126 e. The second-order valence-corrected chi connectivity index (χ2v) is 5.65. The van der Waals surface area contributed by atoms with E-state index in [0.717, 1.165) is 24.3 Å². The van der Waals surface area contributed by atoms with Crippen LogP contribution in [0.4, 0.5) is 5.82 Å². The van der Waals surface area contributed by atoms with Crippen LogP contribution in [0.1, 0.15) is 38.8 Å². The van der Waals surface area contributed by atoms with Crippen LogP contribution in [0.25, 0.3) is 0 Å². The number of hydrogen-bond acceptors (Lipinski definition) is 3. The third-order valence-electron chi connectivity index (χ3n) is 3.48. The molecule has 0 aliphatic heterocycles. The van der Waals surface area contributed by atoms with Gasteiger partial charge in [0.2, 0.25) is 0 Å². The van der Waals surface area contributed by atoms with Gasteiger partial charge < -0.3 is 5.32 Å². The maximum atomic E-state index is 4.62. The molecule has 1 N–H and O–H groups in total. The van der Waals surface area contributed by atoms with Gasteiger partial charge in [-0.25, -0.2) is 4.98 Å². The van der Waals surface area contributed by atoms with E-state index in [1.54, 1.807) is 0 Å². The van der Waals surface area contributed by atoms with Crippen LogP contribution < -0.4 is 5.32 Å². The Morgan fingerprint density at radius 2 is 2.17 bits per heavy atom. The molecule has 100 valence electrons. The smallest absolute Gasteiger partial charge is 0.126 e. The fourth-order valence-corrected chi connectivity index (χ4v) is 2.17. The van der Waals surface area contributed by atoms with Gasteiger partial charge in [-0.15, -0.1) is 0 Å². The number of nitrogens with zero attached hydrogens (tertiary/aromatic N) is 2. The van der Waals surface area contributed by atoms with Crippen LogP contribution in [0.15, 0.2) is 18.2 Å². The molecule has 0 aromatic carbocycles. The van der Waals surface area contributed by atoms with Crippen LogP contribution >= 0.6 is 0 Å². The fourth-order valence-electron chi connectivity index (χ4n) is 2.17. The first kappa shape index (κ1) is 13.3. The van der Waals surface area contributed by atoms with E-state index >= 15 is 0 Å². The van der Waals surface area contributed by atoms with Crippen molar-refractivity contribution in [1.29, 1.82) is 0 Å². The zero-order valence-electron chi connectivity index (χ0n) is 11.8. The zero-order chi connectivity index (χ0) is 13.0. The van der Waals surface area contributed by atoms with Gasteiger partial charge in [0.15, 0.2) is 0 Å². The summed E-state index contributed by atoms with van der Waals surface area (Å²) in [7, 11) is 1.92. The molecule has 1 saturated carbocycles. The van der Waals surface area contributed by atoms with Crippen molar-refractivity contribution in [3.05, 3.63) is 23.9 Å². The Hall–Kier alpha value is -1.09. The Bertz CT molecular complexity index is 372. The third kappa shape index (κ3) is 3.98. The summed E-state index contributed by atoms with van der Waals surface area (Å²) in [5, 5.41) is 3.11. The molecule has 0 atom stereocenters. The van der Waals surface area contributed by atoms with E-state index in [9.17, 15) is 0 Å². The van der Waals surface area contributed by atoms with E-state index in [0.29, 0.717) is 0 Å². The zero-order valence-corrected chi connectivity index (χ0v) is 11.8.